The summed E-state index contributed by atoms with van der Waals surface area (Å²) in [6.45, 7) is 9.25. The lowest BCUT2D eigenvalue weighted by Crippen LogP contribution is -1.71. The van der Waals surface area contributed by atoms with Gasteiger partial charge in [0.2, 0.25) is 0 Å². The largest absolute Gasteiger partial charge is 0.103 e. The van der Waals surface area contributed by atoms with Crippen molar-refractivity contribution in [1.82, 2.24) is 0 Å². The van der Waals surface area contributed by atoms with Gasteiger partial charge in [-0.2, -0.15) is 0 Å². The quantitative estimate of drug-likeness (QED) is 0.435. The molecule has 54 valence electrons. The molecule has 0 atom stereocenters. The Morgan fingerprint density at radius 3 is 1.33 bits per heavy atom. The molecule has 0 heteroatoms. The van der Waals surface area contributed by atoms with Crippen molar-refractivity contribution in [3.05, 3.63) is 24.8 Å². The predicted molar refractivity (Wildman–Crippen MR) is 45.6 cm³/mol. The van der Waals surface area contributed by atoms with Crippen molar-refractivity contribution in [2.24, 2.45) is 0 Å². The second-order valence-corrected chi connectivity index (χ2v) is 1.46. The molecule has 0 heterocycles. The second kappa shape index (κ2) is 15.6. The van der Waals surface area contributed by atoms with Crippen LogP contribution in [0.1, 0.15) is 33.6 Å². The molecular formula is C9H18. The summed E-state index contributed by atoms with van der Waals surface area (Å²) in [5.74, 6) is 0. The fraction of sp³-hybridized carbons (Fsp3) is 0.556. The zero-order chi connectivity index (χ0) is 7.54. The first-order valence-corrected chi connectivity index (χ1v) is 3.64. The summed E-state index contributed by atoms with van der Waals surface area (Å²) in [6, 6.07) is 0. The topological polar surface area (TPSA) is 0 Å². The lowest BCUT2D eigenvalue weighted by molar-refractivity contribution is 0.962. The van der Waals surface area contributed by atoms with Gasteiger partial charge in [0, 0.05) is 0 Å². The summed E-state index contributed by atoms with van der Waals surface area (Å²) in [7, 11) is 0. The Morgan fingerprint density at radius 1 is 1.22 bits per heavy atom. The molecule has 0 unspecified atom stereocenters. The molecule has 0 N–H and O–H groups in total. The van der Waals surface area contributed by atoms with Crippen LogP contribution in [0, 0.1) is 0 Å². The third-order valence-electron chi connectivity index (χ3n) is 0.667. The van der Waals surface area contributed by atoms with Gasteiger partial charge in [-0.05, 0) is 19.8 Å². The molecule has 0 amide bonds. The van der Waals surface area contributed by atoms with E-state index >= 15 is 0 Å². The number of rotatable bonds is 0. The molecule has 1 aliphatic rings. The zero-order valence-corrected chi connectivity index (χ0v) is 6.85. The maximum atomic E-state index is 3.36. The van der Waals surface area contributed by atoms with E-state index in [1.165, 1.54) is 12.8 Å². The van der Waals surface area contributed by atoms with Crippen LogP contribution in [0.3, 0.4) is 0 Å². The molecule has 0 saturated carbocycles. The van der Waals surface area contributed by atoms with Crippen LogP contribution in [-0.4, -0.2) is 0 Å². The van der Waals surface area contributed by atoms with E-state index in [9.17, 15) is 0 Å². The molecule has 0 aliphatic heterocycles. The predicted octanol–water partition coefficient (Wildman–Crippen LogP) is 3.55. The third-order valence-corrected chi connectivity index (χ3v) is 0.667. The Morgan fingerprint density at radius 2 is 1.33 bits per heavy atom. The van der Waals surface area contributed by atoms with Crippen LogP contribution in [0.4, 0.5) is 0 Å². The molecule has 0 aromatic rings. The highest BCUT2D eigenvalue weighted by molar-refractivity contribution is 4.92. The van der Waals surface area contributed by atoms with Crippen LogP contribution in [-0.2, 0) is 0 Å². The normalized spacial score (nSPS) is 11.0. The maximum Gasteiger partial charge on any atom is -0.0316 e. The fourth-order valence-corrected chi connectivity index (χ4v) is 0.167. The Kier molecular flexibility index (Phi) is 19.6. The van der Waals surface area contributed by atoms with E-state index in [2.05, 4.69) is 18.7 Å². The van der Waals surface area contributed by atoms with Crippen LogP contribution in [0.5, 0.6) is 0 Å². The summed E-state index contributed by atoms with van der Waals surface area (Å²) >= 11 is 0. The summed E-state index contributed by atoms with van der Waals surface area (Å²) in [4.78, 5) is 0. The van der Waals surface area contributed by atoms with E-state index in [4.69, 9.17) is 0 Å². The summed E-state index contributed by atoms with van der Waals surface area (Å²) in [6.07, 6.45) is 8.75. The van der Waals surface area contributed by atoms with Crippen LogP contribution in [0.2, 0.25) is 0 Å². The van der Waals surface area contributed by atoms with Gasteiger partial charge in [-0.1, -0.05) is 32.1 Å². The first-order valence-electron chi connectivity index (χ1n) is 3.64. The van der Waals surface area contributed by atoms with E-state index in [0.717, 1.165) is 0 Å². The van der Waals surface area contributed by atoms with Crippen LogP contribution >= 0.6 is 0 Å². The Labute approximate surface area is 59.3 Å². The molecule has 0 aromatic carbocycles. The molecule has 9 heavy (non-hydrogen) atoms. The smallest absolute Gasteiger partial charge is 0.0316 e. The minimum Gasteiger partial charge on any atom is -0.103 e. The molecular weight excluding hydrogens is 108 g/mol. The van der Waals surface area contributed by atoms with Gasteiger partial charge in [-0.15, -0.1) is 6.58 Å². The van der Waals surface area contributed by atoms with Gasteiger partial charge >= 0.3 is 0 Å². The highest BCUT2D eigenvalue weighted by Crippen LogP contribution is 2.01. The molecule has 0 spiro atoms. The van der Waals surface area contributed by atoms with Crippen LogP contribution in [0.25, 0.3) is 0 Å². The summed E-state index contributed by atoms with van der Waals surface area (Å²) in [5.41, 5.74) is 0. The number of allylic oxidation sites excluding steroid dienone is 3. The average Bonchev–Trinajstić information content (AvgIpc) is 1.68. The van der Waals surface area contributed by atoms with Gasteiger partial charge in [0.15, 0.2) is 0 Å². The lowest BCUT2D eigenvalue weighted by atomic mass is 10.1. The number of hydrogen-bond acceptors (Lipinski definition) is 0. The highest BCUT2D eigenvalue weighted by atomic mass is 13.9. The fourth-order valence-electron chi connectivity index (χ4n) is 0.167. The van der Waals surface area contributed by atoms with E-state index in [1.54, 1.807) is 6.08 Å². The van der Waals surface area contributed by atoms with Gasteiger partial charge in [-0.3, -0.25) is 0 Å². The molecule has 1 rings (SSSR count). The van der Waals surface area contributed by atoms with Gasteiger partial charge in [0.25, 0.3) is 0 Å². The Hall–Kier alpha value is -0.520. The standard InChI is InChI=1S/C4H6.C3H6.C2H6/c1-2-4-3-1;1-3-2;1-2/h1-2H,3-4H2;3H,1H2,2H3;1-2H3. The van der Waals surface area contributed by atoms with E-state index in [-0.39, 0.29) is 0 Å². The number of hydrogen-bond donors (Lipinski definition) is 0. The third kappa shape index (κ3) is 18.5. The van der Waals surface area contributed by atoms with Gasteiger partial charge < -0.3 is 0 Å². The lowest BCUT2D eigenvalue weighted by Gasteiger charge is -1.92. The van der Waals surface area contributed by atoms with Crippen molar-refractivity contribution in [3.8, 4) is 0 Å². The second-order valence-electron chi connectivity index (χ2n) is 1.46. The van der Waals surface area contributed by atoms with E-state index in [1.807, 2.05) is 20.8 Å². The molecule has 0 fully saturated rings. The first-order chi connectivity index (χ1) is 4.41. The van der Waals surface area contributed by atoms with Gasteiger partial charge in [0.05, 0.1) is 0 Å². The van der Waals surface area contributed by atoms with Crippen molar-refractivity contribution >= 4 is 0 Å². The molecule has 0 aromatic heterocycles. The van der Waals surface area contributed by atoms with Gasteiger partial charge in [0.1, 0.15) is 0 Å². The van der Waals surface area contributed by atoms with E-state index < -0.39 is 0 Å². The first kappa shape index (κ1) is 11.3. The molecule has 0 radical (unpaired) electrons. The van der Waals surface area contributed by atoms with Crippen molar-refractivity contribution in [2.75, 3.05) is 0 Å². The van der Waals surface area contributed by atoms with Crippen LogP contribution < -0.4 is 0 Å². The van der Waals surface area contributed by atoms with Crippen molar-refractivity contribution < 1.29 is 0 Å². The van der Waals surface area contributed by atoms with Crippen molar-refractivity contribution in [2.45, 2.75) is 33.6 Å². The Balaban J connectivity index is 0. The SMILES string of the molecule is C1=CCC1.C=CC.CC. The van der Waals surface area contributed by atoms with Crippen LogP contribution in [0.15, 0.2) is 24.8 Å². The summed E-state index contributed by atoms with van der Waals surface area (Å²) < 4.78 is 0. The molecule has 0 bridgehead atoms. The minimum absolute atomic E-state index is 1.32. The molecule has 0 nitrogen and oxygen atoms in total. The van der Waals surface area contributed by atoms with Crippen molar-refractivity contribution in [1.29, 1.82) is 0 Å². The molecule has 0 saturated heterocycles. The maximum absolute atomic E-state index is 3.36. The monoisotopic (exact) mass is 126 g/mol. The van der Waals surface area contributed by atoms with Gasteiger partial charge in [-0.25, -0.2) is 0 Å². The van der Waals surface area contributed by atoms with Crippen molar-refractivity contribution in [3.63, 3.8) is 0 Å². The zero-order valence-electron chi connectivity index (χ0n) is 6.85. The highest BCUT2D eigenvalue weighted by Gasteiger charge is 1.81. The molecule has 1 aliphatic carbocycles. The average molecular weight is 126 g/mol. The minimum atomic E-state index is 1.32. The summed E-state index contributed by atoms with van der Waals surface area (Å²) in [5, 5.41) is 0. The Bertz CT molecular complexity index is 54.4. The van der Waals surface area contributed by atoms with E-state index in [0.29, 0.717) is 0 Å².